The molecule has 1 aromatic carbocycles. The third-order valence-corrected chi connectivity index (χ3v) is 3.94. The average molecular weight is 453 g/mol. The number of pyridine rings is 1. The lowest BCUT2D eigenvalue weighted by molar-refractivity contribution is -0.384. The first-order valence-electron chi connectivity index (χ1n) is 9.78. The van der Waals surface area contributed by atoms with Crippen LogP contribution in [0.1, 0.15) is 20.8 Å². The van der Waals surface area contributed by atoms with Gasteiger partial charge in [-0.1, -0.05) is 6.07 Å². The summed E-state index contributed by atoms with van der Waals surface area (Å²) >= 11 is 0. The van der Waals surface area contributed by atoms with E-state index in [2.05, 4.69) is 30.9 Å². The molecule has 2 aromatic heterocycles. The van der Waals surface area contributed by atoms with Gasteiger partial charge in [0.1, 0.15) is 11.8 Å². The molecule has 33 heavy (non-hydrogen) atoms. The van der Waals surface area contributed by atoms with E-state index in [1.807, 2.05) is 0 Å². The van der Waals surface area contributed by atoms with Crippen LogP contribution < -0.4 is 20.7 Å². The summed E-state index contributed by atoms with van der Waals surface area (Å²) in [5.74, 6) is 0.527. The Morgan fingerprint density at radius 2 is 1.79 bits per heavy atom. The maximum Gasteiger partial charge on any atom is 0.412 e. The molecule has 3 rings (SSSR count). The van der Waals surface area contributed by atoms with Gasteiger partial charge in [0, 0.05) is 17.4 Å². The molecule has 3 N–H and O–H groups in total. The summed E-state index contributed by atoms with van der Waals surface area (Å²) < 4.78 is 10.3. The van der Waals surface area contributed by atoms with Crippen molar-refractivity contribution in [2.75, 3.05) is 23.1 Å². The van der Waals surface area contributed by atoms with Gasteiger partial charge in [-0.15, -0.1) is 0 Å². The number of amides is 1. The van der Waals surface area contributed by atoms with Gasteiger partial charge in [0.25, 0.3) is 0 Å². The van der Waals surface area contributed by atoms with E-state index in [4.69, 9.17) is 9.47 Å². The molecular weight excluding hydrogens is 430 g/mol. The zero-order valence-corrected chi connectivity index (χ0v) is 18.4. The number of anilines is 5. The molecule has 0 atom stereocenters. The third kappa shape index (κ3) is 6.75. The van der Waals surface area contributed by atoms with Gasteiger partial charge in [-0.3, -0.25) is 15.4 Å². The third-order valence-electron chi connectivity index (χ3n) is 3.94. The Labute approximate surface area is 189 Å². The normalized spacial score (nSPS) is 10.8. The number of nitro groups is 1. The van der Waals surface area contributed by atoms with Gasteiger partial charge in [-0.25, -0.2) is 14.8 Å². The molecule has 2 heterocycles. The lowest BCUT2D eigenvalue weighted by atomic mass is 10.2. The Morgan fingerprint density at radius 3 is 2.42 bits per heavy atom. The lowest BCUT2D eigenvalue weighted by Gasteiger charge is -2.19. The number of methoxy groups -OCH3 is 1. The zero-order valence-electron chi connectivity index (χ0n) is 18.4. The predicted molar refractivity (Wildman–Crippen MR) is 122 cm³/mol. The number of hydrogen-bond donors (Lipinski definition) is 3. The van der Waals surface area contributed by atoms with E-state index in [0.29, 0.717) is 22.9 Å². The summed E-state index contributed by atoms with van der Waals surface area (Å²) in [5, 5.41) is 19.9. The number of aromatic nitrogens is 3. The van der Waals surface area contributed by atoms with E-state index >= 15 is 0 Å². The van der Waals surface area contributed by atoms with E-state index < -0.39 is 16.6 Å². The fraction of sp³-hybridized carbons (Fsp3) is 0.238. The minimum absolute atomic E-state index is 0.0339. The number of nitrogens with one attached hydrogen (secondary N) is 3. The maximum atomic E-state index is 12.0. The van der Waals surface area contributed by atoms with E-state index in [1.165, 1.54) is 13.3 Å². The van der Waals surface area contributed by atoms with Crippen LogP contribution in [0, 0.1) is 10.1 Å². The highest BCUT2D eigenvalue weighted by atomic mass is 16.6. The number of nitrogens with zero attached hydrogens (tertiary/aromatic N) is 4. The van der Waals surface area contributed by atoms with Crippen molar-refractivity contribution in [2.24, 2.45) is 0 Å². The van der Waals surface area contributed by atoms with Crippen molar-refractivity contribution in [1.29, 1.82) is 0 Å². The monoisotopic (exact) mass is 453 g/mol. The van der Waals surface area contributed by atoms with Gasteiger partial charge in [0.05, 0.1) is 23.9 Å². The summed E-state index contributed by atoms with van der Waals surface area (Å²) in [6.07, 6.45) is 1.99. The predicted octanol–water partition coefficient (Wildman–Crippen LogP) is 4.62. The van der Waals surface area contributed by atoms with Crippen LogP contribution in [0.5, 0.6) is 5.88 Å². The SMILES string of the molecule is COc1ccc(Nc2ncc([N+](=O)[O-])c(Nc3cccc(NC(=O)OC(C)(C)C)c3)n2)cn1. The Kier molecular flexibility index (Phi) is 6.86. The molecule has 12 nitrogen and oxygen atoms in total. The molecule has 0 unspecified atom stereocenters. The molecule has 0 fully saturated rings. The van der Waals surface area contributed by atoms with Crippen LogP contribution >= 0.6 is 0 Å². The molecule has 0 aliphatic rings. The van der Waals surface area contributed by atoms with Gasteiger partial charge in [-0.05, 0) is 45.0 Å². The molecule has 0 aliphatic heterocycles. The smallest absolute Gasteiger partial charge is 0.412 e. The second-order valence-electron chi connectivity index (χ2n) is 7.73. The van der Waals surface area contributed by atoms with E-state index in [-0.39, 0.29) is 17.5 Å². The molecule has 172 valence electrons. The van der Waals surface area contributed by atoms with Crippen molar-refractivity contribution in [3.05, 3.63) is 58.9 Å². The Balaban J connectivity index is 1.80. The van der Waals surface area contributed by atoms with Crippen molar-refractivity contribution >= 4 is 40.6 Å². The van der Waals surface area contributed by atoms with Gasteiger partial charge in [0.15, 0.2) is 0 Å². The van der Waals surface area contributed by atoms with Crippen LogP contribution in [-0.2, 0) is 4.74 Å². The number of carbonyl (C=O) groups excluding carboxylic acids is 1. The first-order valence-corrected chi connectivity index (χ1v) is 9.78. The largest absolute Gasteiger partial charge is 0.481 e. The van der Waals surface area contributed by atoms with Gasteiger partial charge >= 0.3 is 11.8 Å². The Bertz CT molecular complexity index is 1150. The molecule has 12 heteroatoms. The molecule has 1 amide bonds. The van der Waals surface area contributed by atoms with Crippen LogP contribution in [0.15, 0.2) is 48.8 Å². The summed E-state index contributed by atoms with van der Waals surface area (Å²) in [7, 11) is 1.50. The van der Waals surface area contributed by atoms with Crippen LogP contribution in [0.4, 0.5) is 39.3 Å². The second kappa shape index (κ2) is 9.77. The highest BCUT2D eigenvalue weighted by molar-refractivity contribution is 5.86. The molecule has 0 bridgehead atoms. The quantitative estimate of drug-likeness (QED) is 0.341. The van der Waals surface area contributed by atoms with Crippen molar-refractivity contribution < 1.29 is 19.2 Å². The van der Waals surface area contributed by atoms with Gasteiger partial charge in [-0.2, -0.15) is 4.98 Å². The maximum absolute atomic E-state index is 12.0. The minimum atomic E-state index is -0.648. The van der Waals surface area contributed by atoms with Crippen molar-refractivity contribution in [2.45, 2.75) is 26.4 Å². The zero-order chi connectivity index (χ0) is 24.0. The average Bonchev–Trinajstić information content (AvgIpc) is 2.73. The highest BCUT2D eigenvalue weighted by Gasteiger charge is 2.19. The van der Waals surface area contributed by atoms with Crippen LogP contribution in [0.3, 0.4) is 0 Å². The molecule has 0 aliphatic carbocycles. The minimum Gasteiger partial charge on any atom is -0.481 e. The molecule has 0 radical (unpaired) electrons. The number of carbonyl (C=O) groups is 1. The van der Waals surface area contributed by atoms with Crippen molar-refractivity contribution in [3.63, 3.8) is 0 Å². The topological polar surface area (TPSA) is 153 Å². The fourth-order valence-corrected chi connectivity index (χ4v) is 2.60. The standard InChI is InChI=1S/C21H23N7O5/c1-21(2,3)33-20(29)26-14-7-5-6-13(10-14)24-18-16(28(30)31)12-23-19(27-18)25-15-8-9-17(32-4)22-11-15/h5-12H,1-4H3,(H,26,29)(H2,23,24,25,27). The molecular formula is C21H23N7O5. The van der Waals surface area contributed by atoms with Crippen LogP contribution in [0.25, 0.3) is 0 Å². The number of rotatable bonds is 7. The number of hydrogen-bond acceptors (Lipinski definition) is 10. The Morgan fingerprint density at radius 1 is 1.03 bits per heavy atom. The van der Waals surface area contributed by atoms with E-state index in [1.54, 1.807) is 57.2 Å². The molecule has 3 aromatic rings. The highest BCUT2D eigenvalue weighted by Crippen LogP contribution is 2.28. The number of ether oxygens (including phenoxy) is 2. The van der Waals surface area contributed by atoms with Gasteiger partial charge in [0.2, 0.25) is 17.6 Å². The first kappa shape index (κ1) is 23.2. The Hall–Kier alpha value is -4.48. The van der Waals surface area contributed by atoms with Crippen LogP contribution in [-0.4, -0.2) is 38.7 Å². The van der Waals surface area contributed by atoms with Crippen molar-refractivity contribution in [1.82, 2.24) is 15.0 Å². The summed E-state index contributed by atoms with van der Waals surface area (Å²) in [4.78, 5) is 35.2. The molecule has 0 spiro atoms. The van der Waals surface area contributed by atoms with E-state index in [0.717, 1.165) is 6.20 Å². The molecule has 0 saturated carbocycles. The fourth-order valence-electron chi connectivity index (χ4n) is 2.60. The lowest BCUT2D eigenvalue weighted by Crippen LogP contribution is -2.27. The summed E-state index contributed by atoms with van der Waals surface area (Å²) in [6.45, 7) is 5.27. The van der Waals surface area contributed by atoms with Crippen LogP contribution in [0.2, 0.25) is 0 Å². The summed E-state index contributed by atoms with van der Waals surface area (Å²) in [6, 6.07) is 9.95. The molecule has 0 saturated heterocycles. The van der Waals surface area contributed by atoms with Gasteiger partial charge < -0.3 is 20.1 Å². The summed E-state index contributed by atoms with van der Waals surface area (Å²) in [5.41, 5.74) is 0.499. The second-order valence-corrected chi connectivity index (χ2v) is 7.73. The number of benzene rings is 1. The van der Waals surface area contributed by atoms with Crippen molar-refractivity contribution in [3.8, 4) is 5.88 Å². The first-order chi connectivity index (χ1) is 15.6. The van der Waals surface area contributed by atoms with E-state index in [9.17, 15) is 14.9 Å².